The van der Waals surface area contributed by atoms with Gasteiger partial charge >= 0.3 is 0 Å². The Balaban J connectivity index is 1.70. The maximum Gasteiger partial charge on any atom is 0.203 e. The van der Waals surface area contributed by atoms with Crippen molar-refractivity contribution in [3.05, 3.63) is 54.7 Å². The fourth-order valence-corrected chi connectivity index (χ4v) is 3.16. The summed E-state index contributed by atoms with van der Waals surface area (Å²) in [5, 5.41) is 13.5. The highest BCUT2D eigenvalue weighted by Gasteiger charge is 2.15. The molecule has 0 radical (unpaired) electrons. The fourth-order valence-electron chi connectivity index (χ4n) is 3.16. The van der Waals surface area contributed by atoms with Crippen LogP contribution in [0.4, 0.5) is 11.6 Å². The van der Waals surface area contributed by atoms with Gasteiger partial charge in [0.05, 0.1) is 38.7 Å². The molecule has 0 amide bonds. The van der Waals surface area contributed by atoms with E-state index in [-0.39, 0.29) is 6.61 Å². The normalized spacial score (nSPS) is 10.8. The molecule has 0 spiro atoms. The first-order valence-corrected chi connectivity index (χ1v) is 9.14. The molecule has 2 aromatic carbocycles. The molecule has 0 aliphatic heterocycles. The Morgan fingerprint density at radius 3 is 2.40 bits per heavy atom. The molecule has 2 N–H and O–H groups in total. The SMILES string of the molecule is COc1cc(-n2cnc(Nc3nc(CO)nc4ccccc34)c2)cc(OC)c1OC. The molecule has 9 heteroatoms. The number of aliphatic hydroxyl groups excluding tert-OH is 1. The molecule has 0 unspecified atom stereocenters. The van der Waals surface area contributed by atoms with E-state index in [9.17, 15) is 5.11 Å². The summed E-state index contributed by atoms with van der Waals surface area (Å²) in [6.07, 6.45) is 3.48. The molecule has 30 heavy (non-hydrogen) atoms. The monoisotopic (exact) mass is 407 g/mol. The van der Waals surface area contributed by atoms with Crippen LogP contribution >= 0.6 is 0 Å². The van der Waals surface area contributed by atoms with Gasteiger partial charge in [-0.3, -0.25) is 0 Å². The minimum Gasteiger partial charge on any atom is -0.493 e. The van der Waals surface area contributed by atoms with E-state index in [1.54, 1.807) is 27.7 Å². The second kappa shape index (κ2) is 8.26. The largest absolute Gasteiger partial charge is 0.493 e. The number of imidazole rings is 1. The summed E-state index contributed by atoms with van der Waals surface area (Å²) in [7, 11) is 4.70. The van der Waals surface area contributed by atoms with Gasteiger partial charge in [-0.05, 0) is 12.1 Å². The molecule has 0 saturated heterocycles. The van der Waals surface area contributed by atoms with E-state index in [1.807, 2.05) is 47.2 Å². The van der Waals surface area contributed by atoms with Crippen molar-refractivity contribution in [3.63, 3.8) is 0 Å². The highest BCUT2D eigenvalue weighted by molar-refractivity contribution is 5.90. The van der Waals surface area contributed by atoms with Crippen LogP contribution in [0, 0.1) is 0 Å². The number of ether oxygens (including phenoxy) is 3. The smallest absolute Gasteiger partial charge is 0.203 e. The standard InChI is InChI=1S/C21H21N5O4/c1-28-16-8-13(9-17(29-2)20(16)30-3)26-10-18(22-12-26)24-21-14-6-4-5-7-15(14)23-19(11-27)25-21/h4-10,12,27H,11H2,1-3H3,(H,23,24,25). The van der Waals surface area contributed by atoms with Gasteiger partial charge in [0.25, 0.3) is 0 Å². The molecule has 0 atom stereocenters. The van der Waals surface area contributed by atoms with E-state index in [0.29, 0.717) is 34.7 Å². The number of hydrogen-bond acceptors (Lipinski definition) is 8. The van der Waals surface area contributed by atoms with Gasteiger partial charge in [-0.25, -0.2) is 15.0 Å². The first-order chi connectivity index (χ1) is 14.7. The quantitative estimate of drug-likeness (QED) is 0.482. The first kappa shape index (κ1) is 19.5. The number of para-hydroxylation sites is 1. The molecule has 154 valence electrons. The van der Waals surface area contributed by atoms with Crippen LogP contribution < -0.4 is 19.5 Å². The fraction of sp³-hybridized carbons (Fsp3) is 0.190. The van der Waals surface area contributed by atoms with E-state index in [4.69, 9.17) is 14.2 Å². The number of hydrogen-bond donors (Lipinski definition) is 2. The lowest BCUT2D eigenvalue weighted by Gasteiger charge is -2.14. The van der Waals surface area contributed by atoms with Gasteiger partial charge in [0.15, 0.2) is 17.3 Å². The third kappa shape index (κ3) is 3.58. The number of nitrogens with one attached hydrogen (secondary N) is 1. The molecule has 0 fully saturated rings. The maximum atomic E-state index is 9.48. The highest BCUT2D eigenvalue weighted by atomic mass is 16.5. The second-order valence-electron chi connectivity index (χ2n) is 6.34. The van der Waals surface area contributed by atoms with Crippen LogP contribution in [-0.4, -0.2) is 46.0 Å². The molecular formula is C21H21N5O4. The topological polar surface area (TPSA) is 104 Å². The van der Waals surface area contributed by atoms with E-state index >= 15 is 0 Å². The lowest BCUT2D eigenvalue weighted by molar-refractivity contribution is 0.272. The van der Waals surface area contributed by atoms with E-state index < -0.39 is 0 Å². The zero-order valence-corrected chi connectivity index (χ0v) is 16.8. The Bertz CT molecular complexity index is 1170. The number of rotatable bonds is 7. The van der Waals surface area contributed by atoms with Crippen molar-refractivity contribution in [1.29, 1.82) is 0 Å². The van der Waals surface area contributed by atoms with Gasteiger partial charge in [-0.15, -0.1) is 0 Å². The summed E-state index contributed by atoms with van der Waals surface area (Å²) < 4.78 is 18.0. The molecule has 4 rings (SSSR count). The van der Waals surface area contributed by atoms with Crippen LogP contribution in [0.15, 0.2) is 48.9 Å². The molecule has 0 aliphatic carbocycles. The second-order valence-corrected chi connectivity index (χ2v) is 6.34. The van der Waals surface area contributed by atoms with Crippen molar-refractivity contribution in [1.82, 2.24) is 19.5 Å². The van der Waals surface area contributed by atoms with Crippen molar-refractivity contribution in [2.45, 2.75) is 6.61 Å². The lowest BCUT2D eigenvalue weighted by Crippen LogP contribution is -2.02. The molecule has 2 heterocycles. The van der Waals surface area contributed by atoms with Crippen molar-refractivity contribution in [2.24, 2.45) is 0 Å². The van der Waals surface area contributed by atoms with Crippen molar-refractivity contribution in [2.75, 3.05) is 26.6 Å². The molecule has 0 aliphatic rings. The number of fused-ring (bicyclic) bond motifs is 1. The van der Waals surface area contributed by atoms with Crippen LogP contribution in [0.25, 0.3) is 16.6 Å². The summed E-state index contributed by atoms with van der Waals surface area (Å²) >= 11 is 0. The predicted molar refractivity (Wildman–Crippen MR) is 112 cm³/mol. The van der Waals surface area contributed by atoms with Crippen molar-refractivity contribution in [3.8, 4) is 22.9 Å². The number of benzene rings is 2. The van der Waals surface area contributed by atoms with Crippen LogP contribution in [0.2, 0.25) is 0 Å². The van der Waals surface area contributed by atoms with Gasteiger partial charge in [-0.2, -0.15) is 0 Å². The summed E-state index contributed by atoms with van der Waals surface area (Å²) in [5.41, 5.74) is 1.52. The lowest BCUT2D eigenvalue weighted by atomic mass is 10.2. The third-order valence-electron chi connectivity index (χ3n) is 4.57. The summed E-state index contributed by atoms with van der Waals surface area (Å²) in [6.45, 7) is -0.251. The molecule has 4 aromatic rings. The molecule has 2 aromatic heterocycles. The Labute approximate surface area is 172 Å². The van der Waals surface area contributed by atoms with E-state index in [1.165, 1.54) is 0 Å². The zero-order valence-electron chi connectivity index (χ0n) is 16.8. The van der Waals surface area contributed by atoms with E-state index in [0.717, 1.165) is 16.6 Å². The number of aromatic nitrogens is 4. The van der Waals surface area contributed by atoms with Crippen molar-refractivity contribution >= 4 is 22.5 Å². The van der Waals surface area contributed by atoms with Gasteiger partial charge in [0, 0.05) is 17.5 Å². The molecular weight excluding hydrogens is 386 g/mol. The number of methoxy groups -OCH3 is 3. The first-order valence-electron chi connectivity index (χ1n) is 9.14. The van der Waals surface area contributed by atoms with Crippen LogP contribution in [0.1, 0.15) is 5.82 Å². The van der Waals surface area contributed by atoms with Crippen LogP contribution in [0.5, 0.6) is 17.2 Å². The average Bonchev–Trinajstić information content (AvgIpc) is 3.26. The van der Waals surface area contributed by atoms with Gasteiger partial charge in [-0.1, -0.05) is 12.1 Å². The number of aliphatic hydroxyl groups is 1. The summed E-state index contributed by atoms with van der Waals surface area (Å²) in [5.74, 6) is 3.09. The Hall–Kier alpha value is -3.85. The van der Waals surface area contributed by atoms with Crippen LogP contribution in [-0.2, 0) is 6.61 Å². The van der Waals surface area contributed by atoms with E-state index in [2.05, 4.69) is 20.3 Å². The minimum atomic E-state index is -0.251. The number of anilines is 2. The molecule has 0 saturated carbocycles. The highest BCUT2D eigenvalue weighted by Crippen LogP contribution is 2.39. The van der Waals surface area contributed by atoms with Gasteiger partial charge < -0.3 is 29.2 Å². The molecule has 9 nitrogen and oxygen atoms in total. The predicted octanol–water partition coefficient (Wildman–Crippen LogP) is 3.08. The van der Waals surface area contributed by atoms with Crippen molar-refractivity contribution < 1.29 is 19.3 Å². The Kier molecular flexibility index (Phi) is 5.36. The summed E-state index contributed by atoms with van der Waals surface area (Å²) in [6, 6.07) is 11.2. The Morgan fingerprint density at radius 1 is 1.00 bits per heavy atom. The molecule has 0 bridgehead atoms. The van der Waals surface area contributed by atoms with Crippen LogP contribution in [0.3, 0.4) is 0 Å². The third-order valence-corrected chi connectivity index (χ3v) is 4.57. The maximum absolute atomic E-state index is 9.48. The van der Waals surface area contributed by atoms with Gasteiger partial charge in [0.1, 0.15) is 24.6 Å². The van der Waals surface area contributed by atoms with Gasteiger partial charge in [0.2, 0.25) is 5.75 Å². The Morgan fingerprint density at radius 2 is 1.73 bits per heavy atom. The summed E-state index contributed by atoms with van der Waals surface area (Å²) in [4.78, 5) is 13.2. The average molecular weight is 407 g/mol. The number of nitrogens with zero attached hydrogens (tertiary/aromatic N) is 4. The minimum absolute atomic E-state index is 0.251. The zero-order chi connectivity index (χ0) is 21.1.